The lowest BCUT2D eigenvalue weighted by Gasteiger charge is -2.15. The van der Waals surface area contributed by atoms with Gasteiger partial charge in [0.2, 0.25) is 5.91 Å². The Labute approximate surface area is 168 Å². The predicted molar refractivity (Wildman–Crippen MR) is 111 cm³/mol. The molecule has 2 aromatic carbocycles. The Balaban J connectivity index is 1.63. The molecule has 8 heteroatoms. The Morgan fingerprint density at radius 1 is 1.10 bits per heavy atom. The van der Waals surface area contributed by atoms with Crippen LogP contribution in [0.15, 0.2) is 42.5 Å². The number of amides is 2. The van der Waals surface area contributed by atoms with E-state index in [2.05, 4.69) is 16.0 Å². The van der Waals surface area contributed by atoms with Crippen LogP contribution in [0.5, 0.6) is 0 Å². The minimum absolute atomic E-state index is 0.0487. The van der Waals surface area contributed by atoms with Crippen LogP contribution in [0.2, 0.25) is 0 Å². The molecular weight excluding hydrogens is 372 g/mol. The molecule has 0 saturated heterocycles. The minimum atomic E-state index is -0.482. The van der Waals surface area contributed by atoms with Crippen molar-refractivity contribution in [2.45, 2.75) is 38.6 Å². The lowest BCUT2D eigenvalue weighted by molar-refractivity contribution is -0.384. The van der Waals surface area contributed by atoms with Crippen LogP contribution in [-0.4, -0.2) is 29.3 Å². The number of hydrogen-bond donors (Lipinski definition) is 3. The van der Waals surface area contributed by atoms with E-state index in [0.29, 0.717) is 16.9 Å². The zero-order valence-corrected chi connectivity index (χ0v) is 16.2. The maximum atomic E-state index is 12.6. The molecule has 29 heavy (non-hydrogen) atoms. The number of para-hydroxylation sites is 1. The minimum Gasteiger partial charge on any atom is -0.376 e. The van der Waals surface area contributed by atoms with Gasteiger partial charge >= 0.3 is 0 Å². The van der Waals surface area contributed by atoms with Gasteiger partial charge in [0.15, 0.2) is 0 Å². The highest BCUT2D eigenvalue weighted by molar-refractivity contribution is 6.04. The molecule has 152 valence electrons. The number of rotatable bonds is 7. The molecule has 1 aliphatic rings. The lowest BCUT2D eigenvalue weighted by atomic mass is 10.1. The fraction of sp³-hybridized carbons (Fsp3) is 0.333. The van der Waals surface area contributed by atoms with Gasteiger partial charge in [-0.3, -0.25) is 19.7 Å². The van der Waals surface area contributed by atoms with Crippen LogP contribution in [0, 0.1) is 17.0 Å². The summed E-state index contributed by atoms with van der Waals surface area (Å²) in [5, 5.41) is 19.6. The summed E-state index contributed by atoms with van der Waals surface area (Å²) >= 11 is 0. The quantitative estimate of drug-likeness (QED) is 0.489. The lowest BCUT2D eigenvalue weighted by Crippen LogP contribution is -2.33. The average Bonchev–Trinajstić information content (AvgIpc) is 3.20. The molecule has 0 aromatic heterocycles. The van der Waals surface area contributed by atoms with Crippen molar-refractivity contribution in [3.05, 3.63) is 63.7 Å². The fourth-order valence-corrected chi connectivity index (χ4v) is 3.41. The van der Waals surface area contributed by atoms with Crippen molar-refractivity contribution >= 4 is 28.9 Å². The van der Waals surface area contributed by atoms with Crippen LogP contribution in [0.1, 0.15) is 41.6 Å². The van der Waals surface area contributed by atoms with Crippen molar-refractivity contribution in [2.24, 2.45) is 0 Å². The van der Waals surface area contributed by atoms with Crippen LogP contribution in [-0.2, 0) is 4.79 Å². The number of nitro groups is 1. The summed E-state index contributed by atoms with van der Waals surface area (Å²) in [6, 6.07) is 11.5. The maximum Gasteiger partial charge on any atom is 0.271 e. The number of nitro benzene ring substituents is 1. The van der Waals surface area contributed by atoms with Crippen LogP contribution in [0.4, 0.5) is 17.1 Å². The van der Waals surface area contributed by atoms with Gasteiger partial charge < -0.3 is 16.0 Å². The van der Waals surface area contributed by atoms with Gasteiger partial charge in [0.1, 0.15) is 0 Å². The molecule has 0 heterocycles. The first kappa shape index (κ1) is 20.3. The monoisotopic (exact) mass is 396 g/mol. The molecule has 0 radical (unpaired) electrons. The largest absolute Gasteiger partial charge is 0.376 e. The van der Waals surface area contributed by atoms with E-state index >= 15 is 0 Å². The summed E-state index contributed by atoms with van der Waals surface area (Å²) < 4.78 is 0. The Morgan fingerprint density at radius 2 is 1.83 bits per heavy atom. The first-order chi connectivity index (χ1) is 13.9. The third-order valence-electron chi connectivity index (χ3n) is 5.01. The molecule has 0 bridgehead atoms. The zero-order chi connectivity index (χ0) is 20.8. The molecule has 0 spiro atoms. The second kappa shape index (κ2) is 9.18. The van der Waals surface area contributed by atoms with E-state index in [4.69, 9.17) is 0 Å². The Hall–Kier alpha value is -3.42. The van der Waals surface area contributed by atoms with Gasteiger partial charge in [-0.25, -0.2) is 0 Å². The van der Waals surface area contributed by atoms with Gasteiger partial charge in [0.25, 0.3) is 11.6 Å². The Kier molecular flexibility index (Phi) is 6.43. The van der Waals surface area contributed by atoms with E-state index in [1.165, 1.54) is 12.1 Å². The van der Waals surface area contributed by atoms with Gasteiger partial charge in [-0.15, -0.1) is 0 Å². The molecule has 1 aliphatic carbocycles. The Morgan fingerprint density at radius 3 is 2.55 bits per heavy atom. The maximum absolute atomic E-state index is 12.6. The van der Waals surface area contributed by atoms with Crippen LogP contribution >= 0.6 is 0 Å². The van der Waals surface area contributed by atoms with Gasteiger partial charge in [0, 0.05) is 23.9 Å². The van der Waals surface area contributed by atoms with Crippen LogP contribution in [0.3, 0.4) is 0 Å². The summed E-state index contributed by atoms with van der Waals surface area (Å²) in [7, 11) is 0. The predicted octanol–water partition coefficient (Wildman–Crippen LogP) is 3.63. The third-order valence-corrected chi connectivity index (χ3v) is 5.01. The van der Waals surface area contributed by atoms with Crippen molar-refractivity contribution in [1.82, 2.24) is 5.32 Å². The number of benzene rings is 2. The van der Waals surface area contributed by atoms with Gasteiger partial charge in [-0.2, -0.15) is 0 Å². The molecule has 0 aliphatic heterocycles. The van der Waals surface area contributed by atoms with E-state index < -0.39 is 4.92 Å². The second-order valence-electron chi connectivity index (χ2n) is 7.16. The van der Waals surface area contributed by atoms with Crippen molar-refractivity contribution < 1.29 is 14.5 Å². The van der Waals surface area contributed by atoms with Crippen molar-refractivity contribution in [3.8, 4) is 0 Å². The smallest absolute Gasteiger partial charge is 0.271 e. The summed E-state index contributed by atoms with van der Waals surface area (Å²) in [6.07, 6.45) is 4.19. The normalized spacial score (nSPS) is 13.7. The van der Waals surface area contributed by atoms with Crippen molar-refractivity contribution in [3.63, 3.8) is 0 Å². The standard InChI is InChI=1S/C21H24N4O4/c1-14-10-11-16(25(28)29)12-19(14)22-13-20(26)24-18-9-5-4-8-17(18)21(27)23-15-6-2-3-7-15/h4-5,8-12,15,22H,2-3,6-7,13H2,1H3,(H,23,27)(H,24,26). The summed E-state index contributed by atoms with van der Waals surface area (Å²) in [4.78, 5) is 35.4. The van der Waals surface area contributed by atoms with Crippen LogP contribution < -0.4 is 16.0 Å². The first-order valence-corrected chi connectivity index (χ1v) is 9.62. The number of aryl methyl sites for hydroxylation is 1. The molecule has 1 fully saturated rings. The summed E-state index contributed by atoms with van der Waals surface area (Å²) in [5.74, 6) is -0.549. The highest BCUT2D eigenvalue weighted by Crippen LogP contribution is 2.22. The average molecular weight is 396 g/mol. The van der Waals surface area contributed by atoms with Gasteiger partial charge in [-0.1, -0.05) is 31.0 Å². The number of hydrogen-bond acceptors (Lipinski definition) is 5. The molecule has 2 amide bonds. The molecule has 2 aromatic rings. The molecule has 0 atom stereocenters. The topological polar surface area (TPSA) is 113 Å². The van der Waals surface area contributed by atoms with E-state index in [0.717, 1.165) is 31.2 Å². The first-order valence-electron chi connectivity index (χ1n) is 9.62. The molecule has 3 rings (SSSR count). The van der Waals surface area contributed by atoms with Gasteiger partial charge in [-0.05, 0) is 37.5 Å². The summed E-state index contributed by atoms with van der Waals surface area (Å²) in [6.45, 7) is 1.72. The number of non-ortho nitro benzene ring substituents is 1. The highest BCUT2D eigenvalue weighted by Gasteiger charge is 2.20. The number of carbonyl (C=O) groups excluding carboxylic acids is 2. The fourth-order valence-electron chi connectivity index (χ4n) is 3.41. The zero-order valence-electron chi connectivity index (χ0n) is 16.2. The Bertz CT molecular complexity index is 923. The number of carbonyl (C=O) groups is 2. The number of nitrogens with one attached hydrogen (secondary N) is 3. The number of anilines is 2. The molecule has 3 N–H and O–H groups in total. The van der Waals surface area contributed by atoms with E-state index in [9.17, 15) is 19.7 Å². The van der Waals surface area contributed by atoms with Gasteiger partial charge in [0.05, 0.1) is 22.7 Å². The number of nitrogens with zero attached hydrogens (tertiary/aromatic N) is 1. The molecule has 0 unspecified atom stereocenters. The molecule has 8 nitrogen and oxygen atoms in total. The third kappa shape index (κ3) is 5.31. The second-order valence-corrected chi connectivity index (χ2v) is 7.16. The van der Waals surface area contributed by atoms with E-state index in [1.807, 2.05) is 0 Å². The van der Waals surface area contributed by atoms with Crippen LogP contribution in [0.25, 0.3) is 0 Å². The van der Waals surface area contributed by atoms with E-state index in [-0.39, 0.29) is 30.1 Å². The molecular formula is C21H24N4O4. The highest BCUT2D eigenvalue weighted by atomic mass is 16.6. The van der Waals surface area contributed by atoms with Crippen molar-refractivity contribution in [2.75, 3.05) is 17.2 Å². The van der Waals surface area contributed by atoms with E-state index in [1.54, 1.807) is 37.3 Å². The molecule has 1 saturated carbocycles. The summed E-state index contributed by atoms with van der Waals surface area (Å²) in [5.41, 5.74) is 2.11. The van der Waals surface area contributed by atoms with Crippen molar-refractivity contribution in [1.29, 1.82) is 0 Å². The SMILES string of the molecule is Cc1ccc([N+](=O)[O-])cc1NCC(=O)Nc1ccccc1C(=O)NC1CCCC1.